The van der Waals surface area contributed by atoms with Gasteiger partial charge in [-0.15, -0.1) is 0 Å². The van der Waals surface area contributed by atoms with E-state index >= 15 is 0 Å². The number of rotatable bonds is 0. The molecule has 0 saturated carbocycles. The molecule has 0 bridgehead atoms. The van der Waals surface area contributed by atoms with Gasteiger partial charge in [0.15, 0.2) is 4.32 Å². The predicted molar refractivity (Wildman–Crippen MR) is 44.5 cm³/mol. The van der Waals surface area contributed by atoms with Crippen molar-refractivity contribution in [1.82, 2.24) is 4.90 Å². The van der Waals surface area contributed by atoms with Crippen LogP contribution in [0, 0.1) is 0 Å². The van der Waals surface area contributed by atoms with Crippen LogP contribution in [0.5, 0.6) is 0 Å². The molecule has 1 aliphatic rings. The summed E-state index contributed by atoms with van der Waals surface area (Å²) in [5, 5.41) is 8.11. The number of hydrogen-bond acceptors (Lipinski definition) is 4. The first kappa shape index (κ1) is 8.48. The monoisotopic (exact) mass is 191 g/mol. The largest absolute Gasteiger partial charge is 0.464 e. The van der Waals surface area contributed by atoms with Crippen molar-refractivity contribution in [3.63, 3.8) is 0 Å². The summed E-state index contributed by atoms with van der Waals surface area (Å²) in [5.74, 6) is -0.451. The van der Waals surface area contributed by atoms with E-state index in [1.165, 1.54) is 0 Å². The van der Waals surface area contributed by atoms with E-state index < -0.39 is 12.0 Å². The van der Waals surface area contributed by atoms with Gasteiger partial charge in [-0.05, 0) is 6.92 Å². The van der Waals surface area contributed by atoms with Gasteiger partial charge in [0.25, 0.3) is 5.91 Å². The molecule has 0 aromatic carbocycles. The van der Waals surface area contributed by atoms with Crippen molar-refractivity contribution in [2.75, 3.05) is 0 Å². The lowest BCUT2D eigenvalue weighted by atomic mass is 10.4. The zero-order valence-electron chi connectivity index (χ0n) is 5.60. The Morgan fingerprint density at radius 2 is 2.36 bits per heavy atom. The van der Waals surface area contributed by atoms with Gasteiger partial charge in [-0.25, -0.2) is 4.79 Å². The average Bonchev–Trinajstić information content (AvgIpc) is 2.07. The molecule has 1 rings (SSSR count). The molecule has 4 nitrogen and oxygen atoms in total. The molecular formula is C5H5NO3S2. The van der Waals surface area contributed by atoms with E-state index in [-0.39, 0.29) is 9.57 Å². The maximum absolute atomic E-state index is 11.0. The minimum atomic E-state index is -1.29. The summed E-state index contributed by atoms with van der Waals surface area (Å²) in [6.45, 7) is 1.63. The number of thiocarbonyl (C=S) groups is 1. The van der Waals surface area contributed by atoms with Crippen LogP contribution in [0.25, 0.3) is 0 Å². The van der Waals surface area contributed by atoms with Gasteiger partial charge in [0.05, 0.1) is 5.25 Å². The highest BCUT2D eigenvalue weighted by atomic mass is 32.2. The maximum Gasteiger partial charge on any atom is 0.419 e. The van der Waals surface area contributed by atoms with Crippen molar-refractivity contribution < 1.29 is 14.7 Å². The number of hydrogen-bond donors (Lipinski definition) is 1. The van der Waals surface area contributed by atoms with Gasteiger partial charge in [0.2, 0.25) is 0 Å². The van der Waals surface area contributed by atoms with E-state index in [2.05, 4.69) is 12.2 Å². The van der Waals surface area contributed by atoms with Gasteiger partial charge in [0.1, 0.15) is 0 Å². The highest BCUT2D eigenvalue weighted by molar-refractivity contribution is 8.24. The van der Waals surface area contributed by atoms with Crippen LogP contribution in [-0.4, -0.2) is 31.6 Å². The van der Waals surface area contributed by atoms with Gasteiger partial charge in [-0.1, -0.05) is 24.0 Å². The fourth-order valence-electron chi connectivity index (χ4n) is 0.698. The van der Waals surface area contributed by atoms with Crippen LogP contribution in [0.1, 0.15) is 6.92 Å². The molecule has 1 unspecified atom stereocenters. The van der Waals surface area contributed by atoms with Crippen molar-refractivity contribution in [2.24, 2.45) is 0 Å². The fourth-order valence-corrected chi connectivity index (χ4v) is 2.08. The maximum atomic E-state index is 11.0. The summed E-state index contributed by atoms with van der Waals surface area (Å²) in [7, 11) is 0. The summed E-state index contributed by atoms with van der Waals surface area (Å²) in [6, 6.07) is 0. The van der Waals surface area contributed by atoms with Crippen molar-refractivity contribution in [1.29, 1.82) is 0 Å². The number of nitrogens with zero attached hydrogens (tertiary/aromatic N) is 1. The van der Waals surface area contributed by atoms with Crippen molar-refractivity contribution in [3.05, 3.63) is 0 Å². The first-order valence-corrected chi connectivity index (χ1v) is 4.10. The second-order valence-electron chi connectivity index (χ2n) is 1.98. The Morgan fingerprint density at radius 3 is 2.55 bits per heavy atom. The summed E-state index contributed by atoms with van der Waals surface area (Å²) in [6.07, 6.45) is -1.29. The molecule has 1 atom stereocenters. The summed E-state index contributed by atoms with van der Waals surface area (Å²) >= 11 is 5.75. The molecule has 0 aromatic rings. The first-order valence-electron chi connectivity index (χ1n) is 2.81. The Morgan fingerprint density at radius 1 is 1.82 bits per heavy atom. The van der Waals surface area contributed by atoms with Crippen molar-refractivity contribution in [2.45, 2.75) is 12.2 Å². The number of carbonyl (C=O) groups is 2. The van der Waals surface area contributed by atoms with E-state index in [4.69, 9.17) is 5.11 Å². The number of thioether (sulfide) groups is 1. The van der Waals surface area contributed by atoms with E-state index in [9.17, 15) is 9.59 Å². The van der Waals surface area contributed by atoms with Crippen LogP contribution in [0.2, 0.25) is 0 Å². The lowest BCUT2D eigenvalue weighted by molar-refractivity contribution is -0.124. The molecule has 0 spiro atoms. The third-order valence-corrected chi connectivity index (χ3v) is 2.63. The normalized spacial score (nSPS) is 24.5. The molecule has 0 radical (unpaired) electrons. The van der Waals surface area contributed by atoms with Crippen LogP contribution in [0.4, 0.5) is 4.79 Å². The van der Waals surface area contributed by atoms with E-state index in [1.54, 1.807) is 6.92 Å². The standard InChI is InChI=1S/C5H5NO3S2/c1-2-3(7)6(4(8)9)5(10)11-2/h2H,1H3,(H,8,9). The smallest absolute Gasteiger partial charge is 0.419 e. The molecule has 1 fully saturated rings. The summed E-state index contributed by atoms with van der Waals surface area (Å²) in [4.78, 5) is 22.0. The molecule has 0 aliphatic carbocycles. The number of imide groups is 1. The molecule has 1 saturated heterocycles. The van der Waals surface area contributed by atoms with Crippen molar-refractivity contribution >= 4 is 40.3 Å². The Kier molecular flexibility index (Phi) is 2.15. The van der Waals surface area contributed by atoms with Crippen LogP contribution in [0.15, 0.2) is 0 Å². The molecular weight excluding hydrogens is 186 g/mol. The topological polar surface area (TPSA) is 57.6 Å². The van der Waals surface area contributed by atoms with Crippen LogP contribution < -0.4 is 0 Å². The highest BCUT2D eigenvalue weighted by Gasteiger charge is 2.37. The molecule has 1 heterocycles. The number of carboxylic acid groups (broad SMARTS) is 1. The molecule has 6 heteroatoms. The summed E-state index contributed by atoms with van der Waals surface area (Å²) in [5.41, 5.74) is 0. The quantitative estimate of drug-likeness (QED) is 0.577. The zero-order valence-corrected chi connectivity index (χ0v) is 7.24. The van der Waals surface area contributed by atoms with Crippen molar-refractivity contribution in [3.8, 4) is 0 Å². The van der Waals surface area contributed by atoms with Gasteiger partial charge in [-0.2, -0.15) is 4.90 Å². The molecule has 0 aromatic heterocycles. The van der Waals surface area contributed by atoms with E-state index in [1.807, 2.05) is 0 Å². The second-order valence-corrected chi connectivity index (χ2v) is 3.96. The van der Waals surface area contributed by atoms with Gasteiger partial charge < -0.3 is 5.11 Å². The number of carbonyl (C=O) groups excluding carboxylic acids is 1. The Labute approximate surface area is 72.6 Å². The Hall–Kier alpha value is -0.620. The predicted octanol–water partition coefficient (Wildman–Crippen LogP) is 0.913. The Balaban J connectivity index is 2.88. The number of amides is 2. The molecule has 1 N–H and O–H groups in total. The third-order valence-electron chi connectivity index (χ3n) is 1.22. The lowest BCUT2D eigenvalue weighted by Gasteiger charge is -2.06. The SMILES string of the molecule is CC1SC(=S)N(C(=O)O)C1=O. The van der Waals surface area contributed by atoms with Gasteiger partial charge in [-0.3, -0.25) is 4.79 Å². The minimum absolute atomic E-state index is 0.120. The minimum Gasteiger partial charge on any atom is -0.464 e. The average molecular weight is 191 g/mol. The van der Waals surface area contributed by atoms with Gasteiger partial charge in [0, 0.05) is 0 Å². The summed E-state index contributed by atoms with van der Waals surface area (Å²) < 4.78 is 0.120. The fraction of sp³-hybridized carbons (Fsp3) is 0.400. The van der Waals surface area contributed by atoms with Crippen LogP contribution >= 0.6 is 24.0 Å². The van der Waals surface area contributed by atoms with E-state index in [0.29, 0.717) is 4.90 Å². The Bertz CT molecular complexity index is 240. The lowest BCUT2D eigenvalue weighted by Crippen LogP contribution is -2.35. The third kappa shape index (κ3) is 1.36. The first-order chi connectivity index (χ1) is 5.04. The second kappa shape index (κ2) is 2.78. The molecule has 60 valence electrons. The zero-order chi connectivity index (χ0) is 8.59. The van der Waals surface area contributed by atoms with Crippen LogP contribution in [-0.2, 0) is 4.79 Å². The molecule has 11 heavy (non-hydrogen) atoms. The van der Waals surface area contributed by atoms with E-state index in [0.717, 1.165) is 11.8 Å². The molecule has 1 aliphatic heterocycles. The highest BCUT2D eigenvalue weighted by Crippen LogP contribution is 2.26. The van der Waals surface area contributed by atoms with Crippen LogP contribution in [0.3, 0.4) is 0 Å². The van der Waals surface area contributed by atoms with Gasteiger partial charge >= 0.3 is 6.09 Å². The molecule has 2 amide bonds.